The Morgan fingerprint density at radius 2 is 2.07 bits per heavy atom. The molecule has 1 N–H and O–H groups in total. The lowest BCUT2D eigenvalue weighted by atomic mass is 9.89. The van der Waals surface area contributed by atoms with Gasteiger partial charge in [0.15, 0.2) is 0 Å². The summed E-state index contributed by atoms with van der Waals surface area (Å²) in [5, 5.41) is 3.05. The fourth-order valence-corrected chi connectivity index (χ4v) is 2.76. The molecule has 1 atom stereocenters. The van der Waals surface area contributed by atoms with Gasteiger partial charge in [-0.3, -0.25) is 4.79 Å². The first-order chi connectivity index (χ1) is 7.24. The average Bonchev–Trinajstić information content (AvgIpc) is 2.27. The van der Waals surface area contributed by atoms with Crippen LogP contribution in [0.5, 0.6) is 0 Å². The Balaban J connectivity index is 2.16. The fourth-order valence-electron chi connectivity index (χ4n) is 2.14. The molecule has 0 bridgehead atoms. The SMILES string of the molecule is CCCC(Br)CNC(=O)C1CCCCC1. The average molecular weight is 276 g/mol. The second kappa shape index (κ2) is 7.26. The lowest BCUT2D eigenvalue weighted by Gasteiger charge is -2.21. The van der Waals surface area contributed by atoms with E-state index in [0.29, 0.717) is 10.7 Å². The van der Waals surface area contributed by atoms with E-state index in [1.165, 1.54) is 19.3 Å². The zero-order chi connectivity index (χ0) is 11.1. The molecular weight excluding hydrogens is 254 g/mol. The number of carbonyl (C=O) groups excluding carboxylic acids is 1. The van der Waals surface area contributed by atoms with Gasteiger partial charge in [0.1, 0.15) is 0 Å². The summed E-state index contributed by atoms with van der Waals surface area (Å²) < 4.78 is 0. The number of carbonyl (C=O) groups is 1. The Kier molecular flexibility index (Phi) is 6.30. The lowest BCUT2D eigenvalue weighted by Crippen LogP contribution is -2.35. The van der Waals surface area contributed by atoms with Gasteiger partial charge in [-0.15, -0.1) is 0 Å². The zero-order valence-electron chi connectivity index (χ0n) is 9.60. The van der Waals surface area contributed by atoms with Crippen molar-refractivity contribution in [2.45, 2.75) is 56.7 Å². The molecule has 1 rings (SSSR count). The first kappa shape index (κ1) is 13.0. The predicted molar refractivity (Wildman–Crippen MR) is 67.2 cm³/mol. The van der Waals surface area contributed by atoms with Crippen molar-refractivity contribution in [3.63, 3.8) is 0 Å². The van der Waals surface area contributed by atoms with E-state index in [0.717, 1.165) is 32.2 Å². The first-order valence-corrected chi connectivity index (χ1v) is 7.07. The summed E-state index contributed by atoms with van der Waals surface area (Å²) in [6.07, 6.45) is 8.23. The van der Waals surface area contributed by atoms with Gasteiger partial charge < -0.3 is 5.32 Å². The van der Waals surface area contributed by atoms with Crippen LogP contribution in [0.2, 0.25) is 0 Å². The monoisotopic (exact) mass is 275 g/mol. The molecule has 0 aliphatic heterocycles. The van der Waals surface area contributed by atoms with E-state index in [-0.39, 0.29) is 5.91 Å². The van der Waals surface area contributed by atoms with E-state index in [9.17, 15) is 4.79 Å². The molecule has 0 aromatic heterocycles. The van der Waals surface area contributed by atoms with E-state index in [1.807, 2.05) is 0 Å². The number of amides is 1. The summed E-state index contributed by atoms with van der Waals surface area (Å²) in [6, 6.07) is 0. The van der Waals surface area contributed by atoms with Crippen LogP contribution in [0.1, 0.15) is 51.9 Å². The van der Waals surface area contributed by atoms with Crippen molar-refractivity contribution in [1.29, 1.82) is 0 Å². The topological polar surface area (TPSA) is 29.1 Å². The maximum absolute atomic E-state index is 11.8. The highest BCUT2D eigenvalue weighted by molar-refractivity contribution is 9.09. The Labute approximate surface area is 101 Å². The van der Waals surface area contributed by atoms with Crippen LogP contribution in [0, 0.1) is 5.92 Å². The number of halogens is 1. The van der Waals surface area contributed by atoms with Gasteiger partial charge in [-0.1, -0.05) is 48.5 Å². The summed E-state index contributed by atoms with van der Waals surface area (Å²) in [6.45, 7) is 2.94. The van der Waals surface area contributed by atoms with E-state index in [1.54, 1.807) is 0 Å². The standard InChI is InChI=1S/C12H22BrNO/c1-2-6-11(13)9-14-12(15)10-7-4-3-5-8-10/h10-11H,2-9H2,1H3,(H,14,15). The third-order valence-corrected chi connectivity index (χ3v) is 3.86. The zero-order valence-corrected chi connectivity index (χ0v) is 11.2. The van der Waals surface area contributed by atoms with Crippen molar-refractivity contribution in [3.05, 3.63) is 0 Å². The van der Waals surface area contributed by atoms with Gasteiger partial charge in [-0.25, -0.2) is 0 Å². The molecule has 0 radical (unpaired) electrons. The van der Waals surface area contributed by atoms with Crippen LogP contribution in [0.3, 0.4) is 0 Å². The Morgan fingerprint density at radius 1 is 1.40 bits per heavy atom. The highest BCUT2D eigenvalue weighted by Crippen LogP contribution is 2.23. The van der Waals surface area contributed by atoms with Crippen molar-refractivity contribution in [3.8, 4) is 0 Å². The van der Waals surface area contributed by atoms with Crippen LogP contribution in [0.4, 0.5) is 0 Å². The van der Waals surface area contributed by atoms with Crippen LogP contribution in [-0.2, 0) is 4.79 Å². The van der Waals surface area contributed by atoms with Gasteiger partial charge in [0.05, 0.1) is 0 Å². The van der Waals surface area contributed by atoms with Crippen molar-refractivity contribution < 1.29 is 4.79 Å². The van der Waals surface area contributed by atoms with E-state index >= 15 is 0 Å². The molecule has 2 nitrogen and oxygen atoms in total. The number of rotatable bonds is 5. The molecule has 15 heavy (non-hydrogen) atoms. The molecule has 0 heterocycles. The second-order valence-corrected chi connectivity index (χ2v) is 5.76. The highest BCUT2D eigenvalue weighted by atomic mass is 79.9. The van der Waals surface area contributed by atoms with Crippen LogP contribution >= 0.6 is 15.9 Å². The van der Waals surface area contributed by atoms with Gasteiger partial charge in [-0.2, -0.15) is 0 Å². The lowest BCUT2D eigenvalue weighted by molar-refractivity contribution is -0.125. The van der Waals surface area contributed by atoms with E-state index in [2.05, 4.69) is 28.2 Å². The second-order valence-electron chi connectivity index (χ2n) is 4.47. The molecule has 0 aromatic carbocycles. The first-order valence-electron chi connectivity index (χ1n) is 6.15. The van der Waals surface area contributed by atoms with Crippen molar-refractivity contribution in [1.82, 2.24) is 5.32 Å². The van der Waals surface area contributed by atoms with Gasteiger partial charge in [0.25, 0.3) is 0 Å². The Bertz CT molecular complexity index is 190. The molecule has 1 aliphatic carbocycles. The summed E-state index contributed by atoms with van der Waals surface area (Å²) >= 11 is 3.58. The van der Waals surface area contributed by atoms with Crippen molar-refractivity contribution in [2.75, 3.05) is 6.54 Å². The minimum Gasteiger partial charge on any atom is -0.355 e. The quantitative estimate of drug-likeness (QED) is 0.767. The van der Waals surface area contributed by atoms with E-state index < -0.39 is 0 Å². The maximum Gasteiger partial charge on any atom is 0.223 e. The smallest absolute Gasteiger partial charge is 0.223 e. The van der Waals surface area contributed by atoms with Crippen LogP contribution < -0.4 is 5.32 Å². The van der Waals surface area contributed by atoms with Crippen molar-refractivity contribution in [2.24, 2.45) is 5.92 Å². The van der Waals surface area contributed by atoms with Gasteiger partial charge in [-0.05, 0) is 19.3 Å². The number of nitrogens with one attached hydrogen (secondary N) is 1. The van der Waals surface area contributed by atoms with Crippen molar-refractivity contribution >= 4 is 21.8 Å². The molecular formula is C12H22BrNO. The molecule has 1 amide bonds. The molecule has 3 heteroatoms. The summed E-state index contributed by atoms with van der Waals surface area (Å²) in [5.74, 6) is 0.565. The third kappa shape index (κ3) is 5.01. The molecule has 1 aliphatic rings. The van der Waals surface area contributed by atoms with Gasteiger partial charge >= 0.3 is 0 Å². The molecule has 0 aromatic rings. The molecule has 1 fully saturated rings. The third-order valence-electron chi connectivity index (χ3n) is 3.08. The molecule has 1 saturated carbocycles. The number of hydrogen-bond acceptors (Lipinski definition) is 1. The summed E-state index contributed by atoms with van der Waals surface area (Å²) in [7, 11) is 0. The molecule has 88 valence electrons. The highest BCUT2D eigenvalue weighted by Gasteiger charge is 2.20. The minimum atomic E-state index is 0.273. The minimum absolute atomic E-state index is 0.273. The molecule has 1 unspecified atom stereocenters. The fraction of sp³-hybridized carbons (Fsp3) is 0.917. The maximum atomic E-state index is 11.8. The Morgan fingerprint density at radius 3 is 2.67 bits per heavy atom. The van der Waals surface area contributed by atoms with Gasteiger partial charge in [0, 0.05) is 17.3 Å². The number of hydrogen-bond donors (Lipinski definition) is 1. The Hall–Kier alpha value is -0.0500. The van der Waals surface area contributed by atoms with Gasteiger partial charge in [0.2, 0.25) is 5.91 Å². The van der Waals surface area contributed by atoms with Crippen LogP contribution in [0.25, 0.3) is 0 Å². The molecule has 0 spiro atoms. The van der Waals surface area contributed by atoms with Crippen LogP contribution in [-0.4, -0.2) is 17.3 Å². The number of alkyl halides is 1. The van der Waals surface area contributed by atoms with E-state index in [4.69, 9.17) is 0 Å². The summed E-state index contributed by atoms with van der Waals surface area (Å²) in [5.41, 5.74) is 0. The summed E-state index contributed by atoms with van der Waals surface area (Å²) in [4.78, 5) is 12.2. The normalized spacial score (nSPS) is 19.9. The largest absolute Gasteiger partial charge is 0.355 e. The predicted octanol–water partition coefficient (Wildman–Crippen LogP) is 3.25. The molecule has 0 saturated heterocycles. The van der Waals surface area contributed by atoms with Crippen LogP contribution in [0.15, 0.2) is 0 Å².